The van der Waals surface area contributed by atoms with Crippen molar-refractivity contribution in [3.63, 3.8) is 0 Å². The SMILES string of the molecule is CC(CCC(=O)O)CNC(=O)Nc1c(Cl)cc(Br)cc1Cl. The molecule has 8 heteroatoms. The molecule has 21 heavy (non-hydrogen) atoms. The molecule has 1 atom stereocenters. The fourth-order valence-electron chi connectivity index (χ4n) is 1.56. The van der Waals surface area contributed by atoms with E-state index in [2.05, 4.69) is 26.6 Å². The third-order valence-corrected chi connectivity index (χ3v) is 3.76. The number of benzene rings is 1. The topological polar surface area (TPSA) is 78.4 Å². The second-order valence-electron chi connectivity index (χ2n) is 4.62. The summed E-state index contributed by atoms with van der Waals surface area (Å²) in [5, 5.41) is 14.5. The fraction of sp³-hybridized carbons (Fsp3) is 0.385. The molecule has 1 rings (SSSR count). The first-order chi connectivity index (χ1) is 9.79. The molecule has 0 fully saturated rings. The van der Waals surface area contributed by atoms with E-state index in [1.165, 1.54) is 0 Å². The van der Waals surface area contributed by atoms with E-state index in [9.17, 15) is 9.59 Å². The number of carbonyl (C=O) groups excluding carboxylic acids is 1. The van der Waals surface area contributed by atoms with Gasteiger partial charge in [0, 0.05) is 17.4 Å². The van der Waals surface area contributed by atoms with Crippen LogP contribution in [0.1, 0.15) is 19.8 Å². The summed E-state index contributed by atoms with van der Waals surface area (Å²) in [6.45, 7) is 2.23. The van der Waals surface area contributed by atoms with Crippen molar-refractivity contribution in [2.75, 3.05) is 11.9 Å². The van der Waals surface area contributed by atoms with Crippen molar-refractivity contribution in [1.29, 1.82) is 0 Å². The minimum Gasteiger partial charge on any atom is -0.481 e. The monoisotopic (exact) mass is 396 g/mol. The Morgan fingerprint density at radius 1 is 1.33 bits per heavy atom. The van der Waals surface area contributed by atoms with Crippen molar-refractivity contribution >= 4 is 56.8 Å². The molecule has 0 aliphatic heterocycles. The third-order valence-electron chi connectivity index (χ3n) is 2.71. The predicted octanol–water partition coefficient (Wildman–Crippen LogP) is 4.38. The molecule has 2 amide bonds. The molecule has 0 saturated heterocycles. The van der Waals surface area contributed by atoms with Crippen LogP contribution in [0.2, 0.25) is 10.0 Å². The van der Waals surface area contributed by atoms with Crippen LogP contribution < -0.4 is 10.6 Å². The van der Waals surface area contributed by atoms with Crippen LogP contribution >= 0.6 is 39.1 Å². The van der Waals surface area contributed by atoms with Crippen LogP contribution in [-0.2, 0) is 4.79 Å². The zero-order chi connectivity index (χ0) is 16.0. The lowest BCUT2D eigenvalue weighted by Gasteiger charge is -2.14. The van der Waals surface area contributed by atoms with Gasteiger partial charge in [-0.15, -0.1) is 0 Å². The summed E-state index contributed by atoms with van der Waals surface area (Å²) in [5.41, 5.74) is 0.331. The highest BCUT2D eigenvalue weighted by Gasteiger charge is 2.12. The van der Waals surface area contributed by atoms with Crippen molar-refractivity contribution < 1.29 is 14.7 Å². The van der Waals surface area contributed by atoms with Crippen LogP contribution in [-0.4, -0.2) is 23.7 Å². The van der Waals surface area contributed by atoms with Crippen molar-refractivity contribution in [2.24, 2.45) is 5.92 Å². The molecular weight excluding hydrogens is 383 g/mol. The van der Waals surface area contributed by atoms with Gasteiger partial charge in [-0.2, -0.15) is 0 Å². The van der Waals surface area contributed by atoms with Gasteiger partial charge in [-0.3, -0.25) is 4.79 Å². The molecule has 0 heterocycles. The second-order valence-corrected chi connectivity index (χ2v) is 6.35. The molecule has 116 valence electrons. The summed E-state index contributed by atoms with van der Waals surface area (Å²) in [4.78, 5) is 22.2. The van der Waals surface area contributed by atoms with Gasteiger partial charge in [0.05, 0.1) is 15.7 Å². The molecule has 1 aromatic rings. The lowest BCUT2D eigenvalue weighted by atomic mass is 10.1. The van der Waals surface area contributed by atoms with E-state index in [1.54, 1.807) is 12.1 Å². The number of amides is 2. The number of nitrogens with one attached hydrogen (secondary N) is 2. The molecule has 1 aromatic carbocycles. The molecule has 0 radical (unpaired) electrons. The normalized spacial score (nSPS) is 11.8. The Labute approximate surface area is 141 Å². The second kappa shape index (κ2) is 8.46. The molecule has 1 unspecified atom stereocenters. The van der Waals surface area contributed by atoms with Crippen LogP contribution in [0.15, 0.2) is 16.6 Å². The van der Waals surface area contributed by atoms with Gasteiger partial charge >= 0.3 is 12.0 Å². The van der Waals surface area contributed by atoms with E-state index in [1.807, 2.05) is 6.92 Å². The molecule has 0 saturated carbocycles. The third kappa shape index (κ3) is 6.54. The number of hydrogen-bond acceptors (Lipinski definition) is 2. The van der Waals surface area contributed by atoms with Gasteiger partial charge in [-0.05, 0) is 24.5 Å². The summed E-state index contributed by atoms with van der Waals surface area (Å²) in [6.07, 6.45) is 0.574. The minimum absolute atomic E-state index is 0.0581. The maximum atomic E-state index is 11.8. The van der Waals surface area contributed by atoms with Crippen LogP contribution in [0.5, 0.6) is 0 Å². The summed E-state index contributed by atoms with van der Waals surface area (Å²) in [6, 6.07) is 2.81. The van der Waals surface area contributed by atoms with E-state index < -0.39 is 12.0 Å². The molecule has 5 nitrogen and oxygen atoms in total. The first-order valence-electron chi connectivity index (χ1n) is 6.20. The first-order valence-corrected chi connectivity index (χ1v) is 7.75. The minimum atomic E-state index is -0.847. The van der Waals surface area contributed by atoms with Gasteiger partial charge in [0.25, 0.3) is 0 Å². The van der Waals surface area contributed by atoms with Crippen molar-refractivity contribution in [1.82, 2.24) is 5.32 Å². The maximum absolute atomic E-state index is 11.8. The zero-order valence-electron chi connectivity index (χ0n) is 11.3. The van der Waals surface area contributed by atoms with Crippen LogP contribution in [0.3, 0.4) is 0 Å². The van der Waals surface area contributed by atoms with E-state index in [-0.39, 0.29) is 12.3 Å². The fourth-order valence-corrected chi connectivity index (χ4v) is 2.86. The molecule has 3 N–H and O–H groups in total. The summed E-state index contributed by atoms with van der Waals surface area (Å²) in [5.74, 6) is -0.789. The predicted molar refractivity (Wildman–Crippen MR) is 87.2 cm³/mol. The Morgan fingerprint density at radius 3 is 2.43 bits per heavy atom. The average molecular weight is 398 g/mol. The number of carboxylic acids is 1. The zero-order valence-corrected chi connectivity index (χ0v) is 14.3. The van der Waals surface area contributed by atoms with Crippen molar-refractivity contribution in [3.8, 4) is 0 Å². The molecule has 0 aliphatic carbocycles. The quantitative estimate of drug-likeness (QED) is 0.666. The lowest BCUT2D eigenvalue weighted by Crippen LogP contribution is -2.32. The van der Waals surface area contributed by atoms with Gasteiger partial charge < -0.3 is 15.7 Å². The smallest absolute Gasteiger partial charge is 0.319 e. The molecular formula is C13H15BrCl2N2O3. The Morgan fingerprint density at radius 2 is 1.90 bits per heavy atom. The Hall–Kier alpha value is -0.980. The largest absolute Gasteiger partial charge is 0.481 e. The molecule has 0 bridgehead atoms. The number of halogens is 3. The number of anilines is 1. The maximum Gasteiger partial charge on any atom is 0.319 e. The van der Waals surface area contributed by atoms with Gasteiger partial charge in [0.1, 0.15) is 0 Å². The van der Waals surface area contributed by atoms with Crippen LogP contribution in [0.4, 0.5) is 10.5 Å². The summed E-state index contributed by atoms with van der Waals surface area (Å²) in [7, 11) is 0. The number of carboxylic acid groups (broad SMARTS) is 1. The average Bonchev–Trinajstić information content (AvgIpc) is 2.38. The number of urea groups is 1. The lowest BCUT2D eigenvalue weighted by molar-refractivity contribution is -0.137. The molecule has 0 aromatic heterocycles. The van der Waals surface area contributed by atoms with Gasteiger partial charge in [-0.25, -0.2) is 4.79 Å². The summed E-state index contributed by atoms with van der Waals surface area (Å²) >= 11 is 15.3. The van der Waals surface area contributed by atoms with Crippen LogP contribution in [0, 0.1) is 5.92 Å². The number of aliphatic carboxylic acids is 1. The summed E-state index contributed by atoms with van der Waals surface area (Å²) < 4.78 is 0.714. The van der Waals surface area contributed by atoms with Gasteiger partial charge in [-0.1, -0.05) is 46.1 Å². The van der Waals surface area contributed by atoms with Gasteiger partial charge in [0.15, 0.2) is 0 Å². The number of carbonyl (C=O) groups is 2. The number of hydrogen-bond donors (Lipinski definition) is 3. The Bertz CT molecular complexity index is 517. The standard InChI is InChI=1S/C13H15BrCl2N2O3/c1-7(2-3-11(19)20)6-17-13(21)18-12-9(15)4-8(14)5-10(12)16/h4-5,7H,2-3,6H2,1H3,(H,19,20)(H2,17,18,21). The highest BCUT2D eigenvalue weighted by Crippen LogP contribution is 2.33. The number of rotatable bonds is 6. The van der Waals surface area contributed by atoms with Crippen molar-refractivity contribution in [3.05, 3.63) is 26.7 Å². The van der Waals surface area contributed by atoms with E-state index >= 15 is 0 Å². The molecule has 0 spiro atoms. The van der Waals surface area contributed by atoms with E-state index in [4.69, 9.17) is 28.3 Å². The van der Waals surface area contributed by atoms with Gasteiger partial charge in [0.2, 0.25) is 0 Å². The highest BCUT2D eigenvalue weighted by molar-refractivity contribution is 9.10. The van der Waals surface area contributed by atoms with Crippen LogP contribution in [0.25, 0.3) is 0 Å². The Balaban J connectivity index is 2.49. The van der Waals surface area contributed by atoms with Crippen molar-refractivity contribution in [2.45, 2.75) is 19.8 Å². The molecule has 0 aliphatic rings. The Kier molecular flexibility index (Phi) is 7.28. The first kappa shape index (κ1) is 18.1. The van der Waals surface area contributed by atoms with E-state index in [0.717, 1.165) is 0 Å². The highest BCUT2D eigenvalue weighted by atomic mass is 79.9. The van der Waals surface area contributed by atoms with E-state index in [0.29, 0.717) is 33.2 Å².